The van der Waals surface area contributed by atoms with Crippen LogP contribution in [0.3, 0.4) is 0 Å². The quantitative estimate of drug-likeness (QED) is 0.429. The van der Waals surface area contributed by atoms with Gasteiger partial charge in [-0.1, -0.05) is 11.6 Å². The molecular formula is C6H8Cl2O4. The molecule has 0 aromatic heterocycles. The number of alkyl halides is 2. The fourth-order valence-electron chi connectivity index (χ4n) is 0.354. The zero-order chi connectivity index (χ0) is 9.78. The Hall–Kier alpha value is -0.480. The number of halogens is 2. The number of carbonyl (C=O) groups is 2. The van der Waals surface area contributed by atoms with Gasteiger partial charge in [0.1, 0.15) is 6.61 Å². The highest BCUT2D eigenvalue weighted by Gasteiger charge is 2.40. The summed E-state index contributed by atoms with van der Waals surface area (Å²) < 4.78 is 4.43. The van der Waals surface area contributed by atoms with Gasteiger partial charge in [-0.05, 0) is 6.92 Å². The molecule has 12 heavy (non-hydrogen) atoms. The first-order valence-corrected chi connectivity index (χ1v) is 3.99. The smallest absolute Gasteiger partial charge is 0.338 e. The third kappa shape index (κ3) is 2.87. The van der Waals surface area contributed by atoms with Crippen LogP contribution >= 0.6 is 23.2 Å². The second-order valence-electron chi connectivity index (χ2n) is 2.13. The molecule has 4 nitrogen and oxygen atoms in total. The van der Waals surface area contributed by atoms with Crippen molar-refractivity contribution in [1.82, 2.24) is 0 Å². The third-order valence-electron chi connectivity index (χ3n) is 1.10. The van der Waals surface area contributed by atoms with Gasteiger partial charge in [-0.2, -0.15) is 0 Å². The minimum Gasteiger partial charge on any atom is -0.480 e. The predicted octanol–water partition coefficient (Wildman–Crippen LogP) is 0.851. The molecule has 0 spiro atoms. The molecule has 0 bridgehead atoms. The van der Waals surface area contributed by atoms with Crippen LogP contribution in [-0.4, -0.2) is 34.4 Å². The monoisotopic (exact) mass is 214 g/mol. The maximum atomic E-state index is 10.9. The Labute approximate surface area is 79.4 Å². The zero-order valence-electron chi connectivity index (χ0n) is 6.34. The molecule has 0 heterocycles. The summed E-state index contributed by atoms with van der Waals surface area (Å²) in [7, 11) is 0. The van der Waals surface area contributed by atoms with E-state index in [2.05, 4.69) is 4.74 Å². The number of aliphatic carboxylic acids is 1. The van der Waals surface area contributed by atoms with Crippen molar-refractivity contribution in [1.29, 1.82) is 0 Å². The Balaban J connectivity index is 4.16. The van der Waals surface area contributed by atoms with Gasteiger partial charge < -0.3 is 9.84 Å². The highest BCUT2D eigenvalue weighted by Crippen LogP contribution is 2.16. The minimum absolute atomic E-state index is 0.0457. The lowest BCUT2D eigenvalue weighted by Gasteiger charge is -2.14. The lowest BCUT2D eigenvalue weighted by molar-refractivity contribution is -0.155. The van der Waals surface area contributed by atoms with Crippen molar-refractivity contribution in [3.63, 3.8) is 0 Å². The zero-order valence-corrected chi connectivity index (χ0v) is 7.85. The van der Waals surface area contributed by atoms with Crippen LogP contribution in [0.1, 0.15) is 6.92 Å². The van der Waals surface area contributed by atoms with Crippen molar-refractivity contribution in [3.05, 3.63) is 0 Å². The average molecular weight is 215 g/mol. The summed E-state index contributed by atoms with van der Waals surface area (Å²) in [5.74, 6) is -2.33. The molecule has 6 heteroatoms. The average Bonchev–Trinajstić information content (AvgIpc) is 1.99. The van der Waals surface area contributed by atoms with Crippen molar-refractivity contribution in [2.24, 2.45) is 0 Å². The standard InChI is InChI=1S/C6H8Cl2O4/c1-6(8,4(9)10)5(11)12-3-2-7/h2-3H2,1H3,(H,9,10). The molecule has 70 valence electrons. The molecule has 1 atom stereocenters. The van der Waals surface area contributed by atoms with Gasteiger partial charge in [0.2, 0.25) is 4.87 Å². The molecule has 0 fully saturated rings. The number of carbonyl (C=O) groups excluding carboxylic acids is 1. The Morgan fingerprint density at radius 3 is 2.42 bits per heavy atom. The van der Waals surface area contributed by atoms with Gasteiger partial charge in [-0.15, -0.1) is 11.6 Å². The second kappa shape index (κ2) is 4.52. The largest absolute Gasteiger partial charge is 0.480 e. The van der Waals surface area contributed by atoms with Gasteiger partial charge in [-0.25, -0.2) is 9.59 Å². The number of hydrogen-bond donors (Lipinski definition) is 1. The maximum Gasteiger partial charge on any atom is 0.338 e. The minimum atomic E-state index is -2.02. The summed E-state index contributed by atoms with van der Waals surface area (Å²) in [5, 5.41) is 8.45. The number of ether oxygens (including phenoxy) is 1. The molecular weight excluding hydrogens is 207 g/mol. The molecule has 0 aliphatic carbocycles. The summed E-state index contributed by atoms with van der Waals surface area (Å²) >= 11 is 10.5. The van der Waals surface area contributed by atoms with Gasteiger partial charge in [0.15, 0.2) is 0 Å². The molecule has 0 aliphatic heterocycles. The van der Waals surface area contributed by atoms with Gasteiger partial charge in [0.05, 0.1) is 5.88 Å². The van der Waals surface area contributed by atoms with E-state index in [4.69, 9.17) is 28.3 Å². The van der Waals surface area contributed by atoms with Crippen molar-refractivity contribution >= 4 is 35.1 Å². The lowest BCUT2D eigenvalue weighted by Crippen LogP contribution is -2.39. The molecule has 0 amide bonds. The van der Waals surface area contributed by atoms with Crippen LogP contribution in [0.2, 0.25) is 0 Å². The Morgan fingerprint density at radius 1 is 1.58 bits per heavy atom. The van der Waals surface area contributed by atoms with Crippen LogP contribution in [0.4, 0.5) is 0 Å². The van der Waals surface area contributed by atoms with E-state index < -0.39 is 16.8 Å². The van der Waals surface area contributed by atoms with Crippen LogP contribution in [0.25, 0.3) is 0 Å². The molecule has 0 aromatic carbocycles. The van der Waals surface area contributed by atoms with Crippen LogP contribution < -0.4 is 0 Å². The fourth-order valence-corrected chi connectivity index (χ4v) is 0.486. The second-order valence-corrected chi connectivity index (χ2v) is 3.27. The van der Waals surface area contributed by atoms with Crippen LogP contribution in [0.5, 0.6) is 0 Å². The first kappa shape index (κ1) is 11.5. The summed E-state index contributed by atoms with van der Waals surface area (Å²) in [4.78, 5) is 19.2. The van der Waals surface area contributed by atoms with Gasteiger partial charge in [-0.3, -0.25) is 0 Å². The van der Waals surface area contributed by atoms with E-state index in [0.29, 0.717) is 0 Å². The summed E-state index contributed by atoms with van der Waals surface area (Å²) in [6, 6.07) is 0. The lowest BCUT2D eigenvalue weighted by atomic mass is 10.2. The highest BCUT2D eigenvalue weighted by atomic mass is 35.5. The number of esters is 1. The van der Waals surface area contributed by atoms with E-state index in [1.165, 1.54) is 0 Å². The summed E-state index contributed by atoms with van der Waals surface area (Å²) in [6.45, 7) is 1.00. The predicted molar refractivity (Wildman–Crippen MR) is 43.6 cm³/mol. The van der Waals surface area contributed by atoms with E-state index >= 15 is 0 Å². The van der Waals surface area contributed by atoms with Crippen LogP contribution in [0.15, 0.2) is 0 Å². The topological polar surface area (TPSA) is 63.6 Å². The van der Waals surface area contributed by atoms with E-state index in [9.17, 15) is 9.59 Å². The fraction of sp³-hybridized carbons (Fsp3) is 0.667. The van der Waals surface area contributed by atoms with Crippen molar-refractivity contribution in [3.8, 4) is 0 Å². The molecule has 0 radical (unpaired) electrons. The molecule has 0 saturated carbocycles. The normalized spacial score (nSPS) is 14.9. The Bertz CT molecular complexity index is 190. The third-order valence-corrected chi connectivity index (χ3v) is 1.57. The van der Waals surface area contributed by atoms with Gasteiger partial charge >= 0.3 is 11.9 Å². The molecule has 0 saturated heterocycles. The Morgan fingerprint density at radius 2 is 2.08 bits per heavy atom. The first-order chi connectivity index (χ1) is 5.42. The molecule has 0 aliphatic rings. The van der Waals surface area contributed by atoms with E-state index in [1.54, 1.807) is 0 Å². The summed E-state index contributed by atoms with van der Waals surface area (Å²) in [5.41, 5.74) is 0. The van der Waals surface area contributed by atoms with Crippen molar-refractivity contribution < 1.29 is 19.4 Å². The number of carboxylic acid groups (broad SMARTS) is 1. The molecule has 0 aromatic rings. The van der Waals surface area contributed by atoms with Crippen molar-refractivity contribution in [2.75, 3.05) is 12.5 Å². The number of hydrogen-bond acceptors (Lipinski definition) is 3. The van der Waals surface area contributed by atoms with E-state index in [1.807, 2.05) is 0 Å². The SMILES string of the molecule is CC(Cl)(C(=O)O)C(=O)OCCCl. The van der Waals surface area contributed by atoms with Crippen LogP contribution in [-0.2, 0) is 14.3 Å². The van der Waals surface area contributed by atoms with E-state index in [0.717, 1.165) is 6.92 Å². The van der Waals surface area contributed by atoms with Crippen LogP contribution in [0, 0.1) is 0 Å². The number of rotatable bonds is 4. The van der Waals surface area contributed by atoms with Gasteiger partial charge in [0.25, 0.3) is 0 Å². The molecule has 1 unspecified atom stereocenters. The van der Waals surface area contributed by atoms with E-state index in [-0.39, 0.29) is 12.5 Å². The summed E-state index contributed by atoms with van der Waals surface area (Å²) in [6.07, 6.45) is 0. The molecule has 1 N–H and O–H groups in total. The first-order valence-electron chi connectivity index (χ1n) is 3.08. The number of carboxylic acids is 1. The Kier molecular flexibility index (Phi) is 4.34. The van der Waals surface area contributed by atoms with Gasteiger partial charge in [0, 0.05) is 0 Å². The maximum absolute atomic E-state index is 10.9. The molecule has 0 rings (SSSR count). The van der Waals surface area contributed by atoms with Crippen molar-refractivity contribution in [2.45, 2.75) is 11.8 Å². The highest BCUT2D eigenvalue weighted by molar-refractivity contribution is 6.44.